The minimum atomic E-state index is 0.885. The molecule has 0 aromatic heterocycles. The highest BCUT2D eigenvalue weighted by atomic mass is 32.2. The number of hydrogen-bond donors (Lipinski definition) is 1. The van der Waals surface area contributed by atoms with Crippen LogP contribution in [0.2, 0.25) is 0 Å². The van der Waals surface area contributed by atoms with Gasteiger partial charge < -0.3 is 10.1 Å². The molecule has 0 aliphatic carbocycles. The van der Waals surface area contributed by atoms with Gasteiger partial charge in [0.25, 0.3) is 0 Å². The van der Waals surface area contributed by atoms with Crippen LogP contribution in [0.4, 0.5) is 5.69 Å². The van der Waals surface area contributed by atoms with Crippen LogP contribution in [0.5, 0.6) is 5.75 Å². The van der Waals surface area contributed by atoms with Crippen LogP contribution in [0.15, 0.2) is 59.5 Å². The Morgan fingerprint density at radius 1 is 1.06 bits per heavy atom. The quantitative estimate of drug-likeness (QED) is 0.628. The molecule has 18 heavy (non-hydrogen) atoms. The van der Waals surface area contributed by atoms with Gasteiger partial charge in [-0.3, -0.25) is 0 Å². The summed E-state index contributed by atoms with van der Waals surface area (Å²) in [5.41, 5.74) is 1.10. The van der Waals surface area contributed by atoms with Gasteiger partial charge in [-0.15, -0.1) is 11.8 Å². The van der Waals surface area contributed by atoms with Crippen LogP contribution < -0.4 is 10.1 Å². The predicted octanol–water partition coefficient (Wildman–Crippen LogP) is 3.90. The predicted molar refractivity (Wildman–Crippen MR) is 78.6 cm³/mol. The second kappa shape index (κ2) is 6.97. The van der Waals surface area contributed by atoms with E-state index in [4.69, 9.17) is 4.74 Å². The molecule has 0 radical (unpaired) electrons. The number of benzene rings is 2. The molecule has 0 aliphatic rings. The Morgan fingerprint density at radius 3 is 2.67 bits per heavy atom. The average Bonchev–Trinajstić information content (AvgIpc) is 2.45. The van der Waals surface area contributed by atoms with Crippen molar-refractivity contribution in [1.82, 2.24) is 0 Å². The second-order valence-electron chi connectivity index (χ2n) is 3.82. The van der Waals surface area contributed by atoms with Gasteiger partial charge in [0, 0.05) is 28.9 Å². The molecule has 0 spiro atoms. The summed E-state index contributed by atoms with van der Waals surface area (Å²) in [6.07, 6.45) is 0. The lowest BCUT2D eigenvalue weighted by Crippen LogP contribution is -2.03. The maximum atomic E-state index is 5.19. The van der Waals surface area contributed by atoms with Gasteiger partial charge in [-0.25, -0.2) is 0 Å². The Kier molecular flexibility index (Phi) is 4.97. The van der Waals surface area contributed by atoms with E-state index in [-0.39, 0.29) is 0 Å². The lowest BCUT2D eigenvalue weighted by atomic mass is 10.3. The summed E-state index contributed by atoms with van der Waals surface area (Å²) in [5, 5.41) is 3.39. The van der Waals surface area contributed by atoms with Gasteiger partial charge >= 0.3 is 0 Å². The molecular formula is C15H17NOS. The molecule has 3 heteroatoms. The lowest BCUT2D eigenvalue weighted by Gasteiger charge is -2.07. The second-order valence-corrected chi connectivity index (χ2v) is 4.99. The van der Waals surface area contributed by atoms with Crippen molar-refractivity contribution in [3.05, 3.63) is 54.6 Å². The lowest BCUT2D eigenvalue weighted by molar-refractivity contribution is 0.415. The number of anilines is 1. The first-order valence-electron chi connectivity index (χ1n) is 5.94. The standard InChI is InChI=1S/C15H17NOS/c1-17-14-7-5-6-13(12-14)16-10-11-18-15-8-3-2-4-9-15/h2-9,12,16H,10-11H2,1H3. The third kappa shape index (κ3) is 4.00. The number of nitrogens with one attached hydrogen (secondary N) is 1. The van der Waals surface area contributed by atoms with Crippen LogP contribution in [0.1, 0.15) is 0 Å². The van der Waals surface area contributed by atoms with Crippen molar-refractivity contribution >= 4 is 17.4 Å². The van der Waals surface area contributed by atoms with Crippen molar-refractivity contribution in [2.24, 2.45) is 0 Å². The Hall–Kier alpha value is -1.61. The molecule has 1 N–H and O–H groups in total. The van der Waals surface area contributed by atoms with Crippen LogP contribution >= 0.6 is 11.8 Å². The van der Waals surface area contributed by atoms with E-state index in [2.05, 4.69) is 35.6 Å². The molecule has 0 saturated carbocycles. The average molecular weight is 259 g/mol. The van der Waals surface area contributed by atoms with E-state index in [1.807, 2.05) is 36.0 Å². The van der Waals surface area contributed by atoms with E-state index in [1.165, 1.54) is 4.90 Å². The fourth-order valence-electron chi connectivity index (χ4n) is 1.61. The van der Waals surface area contributed by atoms with E-state index < -0.39 is 0 Å². The summed E-state index contributed by atoms with van der Waals surface area (Å²) in [6, 6.07) is 18.4. The normalized spacial score (nSPS) is 10.1. The zero-order chi connectivity index (χ0) is 12.6. The van der Waals surface area contributed by atoms with Crippen molar-refractivity contribution < 1.29 is 4.74 Å². The SMILES string of the molecule is COc1cccc(NCCSc2ccccc2)c1. The van der Waals surface area contributed by atoms with Gasteiger partial charge in [0.05, 0.1) is 7.11 Å². The Bertz CT molecular complexity index is 473. The minimum Gasteiger partial charge on any atom is -0.497 e. The Morgan fingerprint density at radius 2 is 1.89 bits per heavy atom. The Labute approximate surface area is 112 Å². The van der Waals surface area contributed by atoms with Crippen LogP contribution in [0.3, 0.4) is 0 Å². The molecule has 0 heterocycles. The van der Waals surface area contributed by atoms with E-state index in [0.717, 1.165) is 23.7 Å². The maximum absolute atomic E-state index is 5.19. The molecule has 2 rings (SSSR count). The molecule has 0 fully saturated rings. The molecule has 0 unspecified atom stereocenters. The molecule has 0 atom stereocenters. The van der Waals surface area contributed by atoms with Gasteiger partial charge in [0.15, 0.2) is 0 Å². The van der Waals surface area contributed by atoms with Crippen molar-refractivity contribution in [3.63, 3.8) is 0 Å². The molecule has 0 bridgehead atoms. The van der Waals surface area contributed by atoms with Crippen molar-refractivity contribution in [1.29, 1.82) is 0 Å². The summed E-state index contributed by atoms with van der Waals surface area (Å²) in [6.45, 7) is 0.937. The molecule has 2 aromatic carbocycles. The van der Waals surface area contributed by atoms with Crippen molar-refractivity contribution in [2.75, 3.05) is 24.7 Å². The first kappa shape index (κ1) is 12.8. The molecule has 0 aliphatic heterocycles. The van der Waals surface area contributed by atoms with E-state index >= 15 is 0 Å². The number of hydrogen-bond acceptors (Lipinski definition) is 3. The zero-order valence-corrected chi connectivity index (χ0v) is 11.2. The van der Waals surface area contributed by atoms with Crippen LogP contribution in [0.25, 0.3) is 0 Å². The largest absolute Gasteiger partial charge is 0.497 e. The number of methoxy groups -OCH3 is 1. The highest BCUT2D eigenvalue weighted by Crippen LogP contribution is 2.18. The van der Waals surface area contributed by atoms with Gasteiger partial charge in [0.1, 0.15) is 5.75 Å². The van der Waals surface area contributed by atoms with Gasteiger partial charge in [-0.2, -0.15) is 0 Å². The smallest absolute Gasteiger partial charge is 0.120 e. The maximum Gasteiger partial charge on any atom is 0.120 e. The van der Waals surface area contributed by atoms with E-state index in [9.17, 15) is 0 Å². The molecular weight excluding hydrogens is 242 g/mol. The third-order valence-electron chi connectivity index (χ3n) is 2.51. The van der Waals surface area contributed by atoms with Crippen LogP contribution in [-0.4, -0.2) is 19.4 Å². The van der Waals surface area contributed by atoms with E-state index in [1.54, 1.807) is 7.11 Å². The summed E-state index contributed by atoms with van der Waals surface area (Å²) in [5.74, 6) is 1.93. The summed E-state index contributed by atoms with van der Waals surface area (Å²) in [4.78, 5) is 1.31. The first-order chi connectivity index (χ1) is 8.88. The summed E-state index contributed by atoms with van der Waals surface area (Å²) < 4.78 is 5.19. The highest BCUT2D eigenvalue weighted by molar-refractivity contribution is 7.99. The number of thioether (sulfide) groups is 1. The van der Waals surface area contributed by atoms with Gasteiger partial charge in [-0.05, 0) is 24.3 Å². The number of ether oxygens (including phenoxy) is 1. The van der Waals surface area contributed by atoms with Crippen molar-refractivity contribution in [3.8, 4) is 5.75 Å². The minimum absolute atomic E-state index is 0.885. The third-order valence-corrected chi connectivity index (χ3v) is 3.53. The molecule has 2 aromatic rings. The zero-order valence-electron chi connectivity index (χ0n) is 10.4. The van der Waals surface area contributed by atoms with Gasteiger partial charge in [0.2, 0.25) is 0 Å². The molecule has 94 valence electrons. The fraction of sp³-hybridized carbons (Fsp3) is 0.200. The van der Waals surface area contributed by atoms with E-state index in [0.29, 0.717) is 0 Å². The first-order valence-corrected chi connectivity index (χ1v) is 6.93. The Balaban J connectivity index is 1.75. The van der Waals surface area contributed by atoms with Gasteiger partial charge in [-0.1, -0.05) is 24.3 Å². The number of rotatable bonds is 6. The summed E-state index contributed by atoms with van der Waals surface area (Å²) >= 11 is 1.86. The molecule has 0 saturated heterocycles. The van der Waals surface area contributed by atoms with Crippen LogP contribution in [-0.2, 0) is 0 Å². The fourth-order valence-corrected chi connectivity index (χ4v) is 2.40. The van der Waals surface area contributed by atoms with Crippen molar-refractivity contribution in [2.45, 2.75) is 4.90 Å². The van der Waals surface area contributed by atoms with Crippen LogP contribution in [0, 0.1) is 0 Å². The molecule has 2 nitrogen and oxygen atoms in total. The topological polar surface area (TPSA) is 21.3 Å². The summed E-state index contributed by atoms with van der Waals surface area (Å²) in [7, 11) is 1.68. The molecule has 0 amide bonds. The highest BCUT2D eigenvalue weighted by Gasteiger charge is 1.96. The monoisotopic (exact) mass is 259 g/mol.